The minimum Gasteiger partial charge on any atom is -0.368 e. The maximum absolute atomic E-state index is 12.0. The molecule has 6 N–H and O–H groups in total. The monoisotopic (exact) mass is 336 g/mol. The molecular formula is C17H44N4O2. The summed E-state index contributed by atoms with van der Waals surface area (Å²) in [7, 11) is 0. The van der Waals surface area contributed by atoms with E-state index in [1.54, 1.807) is 13.8 Å². The normalized spacial score (nSPS) is 16.2. The zero-order valence-electron chi connectivity index (χ0n) is 14.4. The van der Waals surface area contributed by atoms with E-state index in [1.165, 1.54) is 0 Å². The number of primary amides is 1. The molecular weight excluding hydrogens is 292 g/mol. The summed E-state index contributed by atoms with van der Waals surface area (Å²) in [6.07, 6.45) is 7.81. The minimum atomic E-state index is -0.897. The molecule has 0 aromatic carbocycles. The first-order valence-corrected chi connectivity index (χ1v) is 7.93. The Morgan fingerprint density at radius 2 is 1.87 bits per heavy atom. The van der Waals surface area contributed by atoms with Gasteiger partial charge < -0.3 is 16.8 Å². The van der Waals surface area contributed by atoms with Gasteiger partial charge in [0.1, 0.15) is 0 Å². The van der Waals surface area contributed by atoms with Gasteiger partial charge in [0.2, 0.25) is 11.8 Å². The highest BCUT2D eigenvalue weighted by molar-refractivity contribution is 5.86. The molecule has 0 rings (SSSR count). The van der Waals surface area contributed by atoms with Crippen molar-refractivity contribution < 1.29 is 15.3 Å². The first-order chi connectivity index (χ1) is 10.2. The molecule has 6 heteroatoms. The number of nitrogens with two attached hydrogens (primary N) is 2. The number of allylic oxidation sites excluding steroid dienone is 2. The second-order valence-corrected chi connectivity index (χ2v) is 6.18. The lowest BCUT2D eigenvalue weighted by atomic mass is 9.94. The number of carbonyl (C=O) groups is 2. The number of hydrogen-bond donors (Lipinski definition) is 4. The third-order valence-electron chi connectivity index (χ3n) is 3.84. The Labute approximate surface area is 147 Å². The fourth-order valence-corrected chi connectivity index (χ4v) is 2.19. The van der Waals surface area contributed by atoms with Gasteiger partial charge in [0.05, 0.1) is 17.7 Å². The van der Waals surface area contributed by atoms with Gasteiger partial charge in [-0.15, -0.1) is 0 Å². The highest BCUT2D eigenvalue weighted by atomic mass is 16.2. The summed E-state index contributed by atoms with van der Waals surface area (Å²) in [4.78, 5) is 23.7. The Bertz CT molecular complexity index is 410. The molecule has 2 atom stereocenters. The van der Waals surface area contributed by atoms with E-state index in [2.05, 4.69) is 10.6 Å². The largest absolute Gasteiger partial charge is 0.368 e. The lowest BCUT2D eigenvalue weighted by molar-refractivity contribution is -0.127. The standard InChI is InChI=1S/C16H32N4O2.CH4.4H2/c1-5-7-8-9-11-16(4,13(17)21)20-12-19-14(22)15(3,18)10-6-2;;;;;/h5,7,20H,6,8-12,18H2,1-4H3,(H2,17,21)(H,19,22);1H4;4*1H/b7-5+;;;;;/t15-,16-;;;;;/m0...../s1. The highest BCUT2D eigenvalue weighted by Gasteiger charge is 2.31. The topological polar surface area (TPSA) is 110 Å². The summed E-state index contributed by atoms with van der Waals surface area (Å²) in [5.41, 5.74) is 9.69. The Hall–Kier alpha value is -1.40. The van der Waals surface area contributed by atoms with Gasteiger partial charge in [0, 0.05) is 5.71 Å². The van der Waals surface area contributed by atoms with Crippen LogP contribution in [-0.2, 0) is 9.59 Å². The molecule has 0 saturated carbocycles. The van der Waals surface area contributed by atoms with Crippen LogP contribution in [0.4, 0.5) is 0 Å². The lowest BCUT2D eigenvalue weighted by Crippen LogP contribution is -2.59. The third-order valence-corrected chi connectivity index (χ3v) is 3.84. The Morgan fingerprint density at radius 1 is 1.26 bits per heavy atom. The number of rotatable bonds is 11. The van der Waals surface area contributed by atoms with E-state index in [1.807, 2.05) is 26.0 Å². The molecule has 2 amide bonds. The van der Waals surface area contributed by atoms with Crippen LogP contribution >= 0.6 is 0 Å². The van der Waals surface area contributed by atoms with E-state index >= 15 is 0 Å². The molecule has 0 heterocycles. The number of amides is 2. The smallest absolute Gasteiger partial charge is 0.240 e. The molecule has 0 bridgehead atoms. The quantitative estimate of drug-likeness (QED) is 0.264. The molecule has 144 valence electrons. The van der Waals surface area contributed by atoms with E-state index < -0.39 is 17.0 Å². The number of nitrogens with one attached hydrogen (secondary N) is 2. The number of unbranched alkanes of at least 4 members (excludes halogenated alkanes) is 1. The van der Waals surface area contributed by atoms with E-state index in [0.717, 1.165) is 19.3 Å². The summed E-state index contributed by atoms with van der Waals surface area (Å²) in [6, 6.07) is 0. The van der Waals surface area contributed by atoms with Crippen molar-refractivity contribution >= 4 is 11.8 Å². The molecule has 0 aliphatic carbocycles. The number of carbonyl (C=O) groups excluding carboxylic acids is 2. The maximum atomic E-state index is 12.0. The van der Waals surface area contributed by atoms with Crippen molar-refractivity contribution in [2.45, 2.75) is 78.3 Å². The summed E-state index contributed by atoms with van der Waals surface area (Å²) in [5, 5.41) is 5.75. The fourth-order valence-electron chi connectivity index (χ4n) is 2.19. The van der Waals surface area contributed by atoms with Crippen molar-refractivity contribution in [2.75, 3.05) is 6.67 Å². The van der Waals surface area contributed by atoms with Crippen molar-refractivity contribution in [3.63, 3.8) is 0 Å². The van der Waals surface area contributed by atoms with Crippen molar-refractivity contribution in [2.24, 2.45) is 11.5 Å². The van der Waals surface area contributed by atoms with Crippen LogP contribution in [-0.4, -0.2) is 29.6 Å². The van der Waals surface area contributed by atoms with Crippen LogP contribution < -0.4 is 22.1 Å². The molecule has 0 aliphatic rings. The van der Waals surface area contributed by atoms with Crippen LogP contribution in [0.5, 0.6) is 0 Å². The van der Waals surface area contributed by atoms with Crippen molar-refractivity contribution in [3.8, 4) is 0 Å². The van der Waals surface area contributed by atoms with Gasteiger partial charge >= 0.3 is 0 Å². The molecule has 0 aromatic heterocycles. The summed E-state index contributed by atoms with van der Waals surface area (Å²) < 4.78 is 0. The summed E-state index contributed by atoms with van der Waals surface area (Å²) in [5.74, 6) is -0.658. The Kier molecular flexibility index (Phi) is 11.6. The maximum Gasteiger partial charge on any atom is 0.240 e. The average Bonchev–Trinajstić information content (AvgIpc) is 2.43. The van der Waals surface area contributed by atoms with Crippen molar-refractivity contribution in [3.05, 3.63) is 12.2 Å². The van der Waals surface area contributed by atoms with Gasteiger partial charge in [-0.25, -0.2) is 0 Å². The van der Waals surface area contributed by atoms with Gasteiger partial charge in [-0.3, -0.25) is 14.9 Å². The number of hydrogen-bond acceptors (Lipinski definition) is 4. The van der Waals surface area contributed by atoms with Gasteiger partial charge in [0.15, 0.2) is 0 Å². The first kappa shape index (κ1) is 23.9. The molecule has 23 heavy (non-hydrogen) atoms. The van der Waals surface area contributed by atoms with Gasteiger partial charge in [-0.05, 0) is 46.5 Å². The van der Waals surface area contributed by atoms with Crippen LogP contribution in [0.3, 0.4) is 0 Å². The molecule has 0 saturated heterocycles. The van der Waals surface area contributed by atoms with Crippen LogP contribution in [0.25, 0.3) is 0 Å². The van der Waals surface area contributed by atoms with Crippen LogP contribution in [0.2, 0.25) is 0 Å². The zero-order valence-corrected chi connectivity index (χ0v) is 14.4. The zero-order chi connectivity index (χ0) is 17.2. The highest BCUT2D eigenvalue weighted by Crippen LogP contribution is 2.14. The summed E-state index contributed by atoms with van der Waals surface area (Å²) in [6.45, 7) is 7.56. The molecule has 0 fully saturated rings. The molecule has 6 nitrogen and oxygen atoms in total. The van der Waals surface area contributed by atoms with E-state index in [4.69, 9.17) is 11.5 Å². The first-order valence-electron chi connectivity index (χ1n) is 7.93. The lowest BCUT2D eigenvalue weighted by Gasteiger charge is -2.29. The SMILES string of the molecule is C.C/C=C/CCC[C@](C)(NCNC(=O)[C@@](C)(N)CCC)C(N)=O.[HH].[HH].[HH].[HH]. The second kappa shape index (κ2) is 11.2. The molecule has 0 spiro atoms. The van der Waals surface area contributed by atoms with E-state index in [0.29, 0.717) is 12.8 Å². The Balaban J connectivity index is -0.000000220. The van der Waals surface area contributed by atoms with E-state index in [9.17, 15) is 9.59 Å². The van der Waals surface area contributed by atoms with Gasteiger partial charge in [-0.1, -0.05) is 32.9 Å². The van der Waals surface area contributed by atoms with Crippen molar-refractivity contribution in [1.82, 2.24) is 10.6 Å². The minimum absolute atomic E-state index is 0. The Morgan fingerprint density at radius 3 is 2.35 bits per heavy atom. The van der Waals surface area contributed by atoms with Gasteiger partial charge in [0.25, 0.3) is 0 Å². The van der Waals surface area contributed by atoms with Crippen LogP contribution in [0, 0.1) is 0 Å². The second-order valence-electron chi connectivity index (χ2n) is 6.18. The third kappa shape index (κ3) is 8.71. The predicted octanol–water partition coefficient (Wildman–Crippen LogP) is 2.78. The summed E-state index contributed by atoms with van der Waals surface area (Å²) >= 11 is 0. The van der Waals surface area contributed by atoms with Gasteiger partial charge in [-0.2, -0.15) is 0 Å². The average molecular weight is 337 g/mol. The van der Waals surface area contributed by atoms with Crippen molar-refractivity contribution in [1.29, 1.82) is 0 Å². The predicted molar refractivity (Wildman–Crippen MR) is 105 cm³/mol. The fraction of sp³-hybridized carbons (Fsp3) is 0.765. The van der Waals surface area contributed by atoms with Crippen LogP contribution in [0.1, 0.15) is 72.9 Å². The molecule has 0 radical (unpaired) electrons. The molecule has 0 aromatic rings. The molecule has 0 unspecified atom stereocenters. The van der Waals surface area contributed by atoms with Crippen LogP contribution in [0.15, 0.2) is 12.2 Å². The molecule has 0 aliphatic heterocycles. The van der Waals surface area contributed by atoms with E-state index in [-0.39, 0.29) is 25.7 Å².